The Balaban J connectivity index is 1.68. The molecule has 0 atom stereocenters. The van der Waals surface area contributed by atoms with E-state index in [1.165, 1.54) is 25.7 Å². The van der Waals surface area contributed by atoms with Crippen LogP contribution >= 0.6 is 0 Å². The number of nitrogens with zero attached hydrogens (tertiary/aromatic N) is 3. The normalized spacial score (nSPS) is 14.4. The maximum absolute atomic E-state index is 5.25. The summed E-state index contributed by atoms with van der Waals surface area (Å²) in [7, 11) is 1.67. The summed E-state index contributed by atoms with van der Waals surface area (Å²) in [5.74, 6) is 2.45. The predicted octanol–water partition coefficient (Wildman–Crippen LogP) is 5.28. The number of rotatable bonds is 5. The molecule has 0 unspecified atom stereocenters. The molecule has 1 saturated heterocycles. The average molecular weight is 374 g/mol. The molecule has 144 valence electrons. The van der Waals surface area contributed by atoms with Gasteiger partial charge in [0.25, 0.3) is 0 Å². The van der Waals surface area contributed by atoms with E-state index >= 15 is 0 Å². The average Bonchev–Trinajstić information content (AvgIpc) is 3.04. The van der Waals surface area contributed by atoms with Crippen LogP contribution in [0.5, 0.6) is 5.75 Å². The van der Waals surface area contributed by atoms with Crippen molar-refractivity contribution in [1.82, 2.24) is 9.97 Å². The highest BCUT2D eigenvalue weighted by molar-refractivity contribution is 5.67. The van der Waals surface area contributed by atoms with Gasteiger partial charge >= 0.3 is 0 Å². The maximum atomic E-state index is 5.25. The number of ether oxygens (including phenoxy) is 1. The minimum absolute atomic E-state index is 0.804. The van der Waals surface area contributed by atoms with Crippen LogP contribution in [-0.2, 0) is 0 Å². The standard InChI is InChI=1S/C23H26N4O/c1-28-20-13-11-19(12-14-20)24-22-17-21(18-9-5-4-6-10-18)25-23(26-22)27-15-7-2-3-8-16-27/h4-6,9-14,17H,2-3,7-8,15-16H2,1H3,(H,24,25,26). The third-order valence-electron chi connectivity index (χ3n) is 5.04. The minimum Gasteiger partial charge on any atom is -0.497 e. The van der Waals surface area contributed by atoms with Gasteiger partial charge in [-0.1, -0.05) is 43.2 Å². The van der Waals surface area contributed by atoms with Crippen LogP contribution in [0, 0.1) is 0 Å². The molecule has 0 amide bonds. The van der Waals surface area contributed by atoms with E-state index < -0.39 is 0 Å². The molecule has 0 saturated carbocycles. The summed E-state index contributed by atoms with van der Waals surface area (Å²) >= 11 is 0. The van der Waals surface area contributed by atoms with Gasteiger partial charge in [0, 0.05) is 30.4 Å². The Morgan fingerprint density at radius 1 is 0.857 bits per heavy atom. The van der Waals surface area contributed by atoms with Crippen molar-refractivity contribution in [2.75, 3.05) is 30.4 Å². The summed E-state index contributed by atoms with van der Waals surface area (Å²) in [5.41, 5.74) is 3.00. The van der Waals surface area contributed by atoms with Crippen molar-refractivity contribution in [2.24, 2.45) is 0 Å². The molecular formula is C23H26N4O. The fourth-order valence-electron chi connectivity index (χ4n) is 3.49. The Bertz CT molecular complexity index is 888. The molecule has 0 radical (unpaired) electrons. The molecule has 5 nitrogen and oxygen atoms in total. The first-order valence-corrected chi connectivity index (χ1v) is 9.92. The van der Waals surface area contributed by atoms with Gasteiger partial charge in [-0.2, -0.15) is 4.98 Å². The number of aromatic nitrogens is 2. The van der Waals surface area contributed by atoms with Gasteiger partial charge in [0.05, 0.1) is 12.8 Å². The topological polar surface area (TPSA) is 50.3 Å². The van der Waals surface area contributed by atoms with Gasteiger partial charge in [-0.05, 0) is 37.1 Å². The summed E-state index contributed by atoms with van der Waals surface area (Å²) in [6.07, 6.45) is 4.96. The van der Waals surface area contributed by atoms with E-state index in [1.807, 2.05) is 48.5 Å². The second-order valence-corrected chi connectivity index (χ2v) is 7.06. The Kier molecular flexibility index (Phi) is 5.71. The van der Waals surface area contributed by atoms with E-state index in [0.29, 0.717) is 0 Å². The van der Waals surface area contributed by atoms with Gasteiger partial charge < -0.3 is 15.0 Å². The SMILES string of the molecule is COc1ccc(Nc2cc(-c3ccccc3)nc(N3CCCCCC3)n2)cc1. The van der Waals surface area contributed by atoms with Crippen molar-refractivity contribution in [2.45, 2.75) is 25.7 Å². The second kappa shape index (κ2) is 8.74. The van der Waals surface area contributed by atoms with Gasteiger partial charge in [0.1, 0.15) is 11.6 Å². The van der Waals surface area contributed by atoms with Crippen LogP contribution in [-0.4, -0.2) is 30.2 Å². The smallest absolute Gasteiger partial charge is 0.227 e. The lowest BCUT2D eigenvalue weighted by molar-refractivity contribution is 0.415. The molecule has 0 spiro atoms. The van der Waals surface area contributed by atoms with Crippen molar-refractivity contribution < 1.29 is 4.74 Å². The third-order valence-corrected chi connectivity index (χ3v) is 5.04. The van der Waals surface area contributed by atoms with Gasteiger partial charge in [0.2, 0.25) is 5.95 Å². The Labute approximate surface area is 166 Å². The molecule has 2 heterocycles. The first-order valence-electron chi connectivity index (χ1n) is 9.92. The summed E-state index contributed by atoms with van der Waals surface area (Å²) in [5, 5.41) is 3.43. The zero-order chi connectivity index (χ0) is 19.2. The van der Waals surface area contributed by atoms with E-state index in [2.05, 4.69) is 22.3 Å². The molecule has 0 bridgehead atoms. The molecule has 1 aliphatic heterocycles. The molecule has 0 aliphatic carbocycles. The number of hydrogen-bond donors (Lipinski definition) is 1. The van der Waals surface area contributed by atoms with Gasteiger partial charge in [-0.25, -0.2) is 4.98 Å². The van der Waals surface area contributed by atoms with Crippen molar-refractivity contribution >= 4 is 17.5 Å². The number of anilines is 3. The highest BCUT2D eigenvalue weighted by Crippen LogP contribution is 2.26. The fraction of sp³-hybridized carbons (Fsp3) is 0.304. The lowest BCUT2D eigenvalue weighted by atomic mass is 10.1. The van der Waals surface area contributed by atoms with Crippen molar-refractivity contribution in [1.29, 1.82) is 0 Å². The van der Waals surface area contributed by atoms with Crippen molar-refractivity contribution in [3.05, 3.63) is 60.7 Å². The summed E-state index contributed by atoms with van der Waals surface area (Å²) < 4.78 is 5.25. The maximum Gasteiger partial charge on any atom is 0.227 e. The highest BCUT2D eigenvalue weighted by Gasteiger charge is 2.15. The van der Waals surface area contributed by atoms with Crippen molar-refractivity contribution in [3.8, 4) is 17.0 Å². The monoisotopic (exact) mass is 374 g/mol. The molecule has 5 heteroatoms. The molecule has 28 heavy (non-hydrogen) atoms. The summed E-state index contributed by atoms with van der Waals surface area (Å²) in [6.45, 7) is 2.03. The zero-order valence-corrected chi connectivity index (χ0v) is 16.3. The van der Waals surface area contributed by atoms with Crippen LogP contribution in [0.25, 0.3) is 11.3 Å². The molecule has 2 aromatic carbocycles. The molecule has 1 aromatic heterocycles. The van der Waals surface area contributed by atoms with Crippen LogP contribution in [0.4, 0.5) is 17.5 Å². The number of methoxy groups -OCH3 is 1. The van der Waals surface area contributed by atoms with E-state index in [4.69, 9.17) is 14.7 Å². The molecule has 3 aromatic rings. The minimum atomic E-state index is 0.804. The fourth-order valence-corrected chi connectivity index (χ4v) is 3.49. The number of benzene rings is 2. The first kappa shape index (κ1) is 18.3. The quantitative estimate of drug-likeness (QED) is 0.659. The molecule has 1 aliphatic rings. The van der Waals surface area contributed by atoms with E-state index in [-0.39, 0.29) is 0 Å². The molecule has 1 N–H and O–H groups in total. The van der Waals surface area contributed by atoms with Crippen LogP contribution < -0.4 is 15.0 Å². The second-order valence-electron chi connectivity index (χ2n) is 7.06. The van der Waals surface area contributed by atoms with Crippen LogP contribution in [0.3, 0.4) is 0 Å². The van der Waals surface area contributed by atoms with E-state index in [1.54, 1.807) is 7.11 Å². The van der Waals surface area contributed by atoms with Crippen LogP contribution in [0.1, 0.15) is 25.7 Å². The number of hydrogen-bond acceptors (Lipinski definition) is 5. The molecule has 1 fully saturated rings. The van der Waals surface area contributed by atoms with Crippen LogP contribution in [0.2, 0.25) is 0 Å². The number of nitrogens with one attached hydrogen (secondary N) is 1. The Morgan fingerprint density at radius 2 is 1.57 bits per heavy atom. The molecule has 4 rings (SSSR count). The summed E-state index contributed by atoms with van der Waals surface area (Å²) in [6, 6.07) is 20.2. The Hall–Kier alpha value is -3.08. The van der Waals surface area contributed by atoms with Gasteiger partial charge in [-0.3, -0.25) is 0 Å². The zero-order valence-electron chi connectivity index (χ0n) is 16.3. The molecular weight excluding hydrogens is 348 g/mol. The van der Waals surface area contributed by atoms with E-state index in [0.717, 1.165) is 47.5 Å². The third kappa shape index (κ3) is 4.42. The van der Waals surface area contributed by atoms with Crippen molar-refractivity contribution in [3.63, 3.8) is 0 Å². The first-order chi connectivity index (χ1) is 13.8. The Morgan fingerprint density at radius 3 is 2.25 bits per heavy atom. The summed E-state index contributed by atoms with van der Waals surface area (Å²) in [4.78, 5) is 12.0. The highest BCUT2D eigenvalue weighted by atomic mass is 16.5. The van der Waals surface area contributed by atoms with Crippen LogP contribution in [0.15, 0.2) is 60.7 Å². The predicted molar refractivity (Wildman–Crippen MR) is 114 cm³/mol. The lowest BCUT2D eigenvalue weighted by Crippen LogP contribution is -2.26. The van der Waals surface area contributed by atoms with Gasteiger partial charge in [0.15, 0.2) is 0 Å². The lowest BCUT2D eigenvalue weighted by Gasteiger charge is -2.21. The largest absolute Gasteiger partial charge is 0.497 e. The van der Waals surface area contributed by atoms with E-state index in [9.17, 15) is 0 Å². The van der Waals surface area contributed by atoms with Gasteiger partial charge in [-0.15, -0.1) is 0 Å².